The van der Waals surface area contributed by atoms with Gasteiger partial charge >= 0.3 is 0 Å². The number of benzene rings is 2. The van der Waals surface area contributed by atoms with E-state index in [1.807, 2.05) is 45.0 Å². The number of nitrogens with zero attached hydrogens (tertiary/aromatic N) is 1. The van der Waals surface area contributed by atoms with Gasteiger partial charge in [0.2, 0.25) is 6.79 Å². The summed E-state index contributed by atoms with van der Waals surface area (Å²) in [6.45, 7) is 6.34. The van der Waals surface area contributed by atoms with Crippen LogP contribution in [0.2, 0.25) is 0 Å². The second-order valence-corrected chi connectivity index (χ2v) is 7.00. The van der Waals surface area contributed by atoms with E-state index in [4.69, 9.17) is 14.2 Å². The zero-order chi connectivity index (χ0) is 21.5. The lowest BCUT2D eigenvalue weighted by molar-refractivity contribution is -0.123. The molecular weight excluding hydrogens is 386 g/mol. The number of hydrogen-bond acceptors (Lipinski definition) is 6. The van der Waals surface area contributed by atoms with Crippen LogP contribution < -0.4 is 25.0 Å². The average molecular weight is 411 g/mol. The van der Waals surface area contributed by atoms with Crippen LogP contribution in [-0.2, 0) is 4.79 Å². The Morgan fingerprint density at radius 3 is 2.57 bits per heavy atom. The Balaban J connectivity index is 1.59. The molecule has 8 nitrogen and oxygen atoms in total. The van der Waals surface area contributed by atoms with Crippen LogP contribution in [0.3, 0.4) is 0 Å². The molecule has 2 aromatic rings. The highest BCUT2D eigenvalue weighted by Crippen LogP contribution is 2.32. The summed E-state index contributed by atoms with van der Waals surface area (Å²) in [7, 11) is 0. The van der Waals surface area contributed by atoms with Crippen molar-refractivity contribution in [2.24, 2.45) is 11.0 Å². The van der Waals surface area contributed by atoms with Crippen molar-refractivity contribution in [1.29, 1.82) is 0 Å². The third-order valence-electron chi connectivity index (χ3n) is 4.45. The molecule has 30 heavy (non-hydrogen) atoms. The predicted molar refractivity (Wildman–Crippen MR) is 112 cm³/mol. The summed E-state index contributed by atoms with van der Waals surface area (Å²) in [5.41, 5.74) is 3.68. The van der Waals surface area contributed by atoms with E-state index in [1.54, 1.807) is 18.2 Å². The van der Waals surface area contributed by atoms with Crippen LogP contribution in [0, 0.1) is 5.92 Å². The van der Waals surface area contributed by atoms with Crippen molar-refractivity contribution in [3.8, 4) is 17.2 Å². The van der Waals surface area contributed by atoms with Crippen LogP contribution >= 0.6 is 0 Å². The van der Waals surface area contributed by atoms with Gasteiger partial charge in [0, 0.05) is 5.56 Å². The number of hydrazone groups is 1. The molecule has 0 saturated carbocycles. The second kappa shape index (κ2) is 9.78. The molecule has 1 aliphatic rings. The molecule has 0 aliphatic carbocycles. The number of fused-ring (bicyclic) bond motifs is 1. The number of amides is 2. The summed E-state index contributed by atoms with van der Waals surface area (Å²) >= 11 is 0. The Kier molecular flexibility index (Phi) is 6.90. The number of nitrogens with one attached hydrogen (secondary N) is 2. The lowest BCUT2D eigenvalue weighted by Crippen LogP contribution is -2.48. The van der Waals surface area contributed by atoms with Gasteiger partial charge in [-0.2, -0.15) is 5.10 Å². The number of carbonyl (C=O) groups is 2. The molecule has 0 fully saturated rings. The topological polar surface area (TPSA) is 98.2 Å². The zero-order valence-electron chi connectivity index (χ0n) is 17.2. The highest BCUT2D eigenvalue weighted by Gasteiger charge is 2.25. The molecular formula is C22H25N3O5. The number of rotatable bonds is 8. The van der Waals surface area contributed by atoms with Crippen LogP contribution in [0.1, 0.15) is 36.7 Å². The van der Waals surface area contributed by atoms with Crippen LogP contribution in [-0.4, -0.2) is 37.5 Å². The van der Waals surface area contributed by atoms with Gasteiger partial charge in [0.25, 0.3) is 11.8 Å². The molecule has 0 radical (unpaired) electrons. The number of ether oxygens (including phenoxy) is 3. The van der Waals surface area contributed by atoms with Gasteiger partial charge < -0.3 is 19.5 Å². The van der Waals surface area contributed by atoms with Crippen LogP contribution in [0.4, 0.5) is 0 Å². The van der Waals surface area contributed by atoms with E-state index in [-0.39, 0.29) is 18.6 Å². The van der Waals surface area contributed by atoms with E-state index in [0.717, 1.165) is 11.3 Å². The molecule has 0 spiro atoms. The molecule has 2 N–H and O–H groups in total. The Labute approximate surface area is 175 Å². The minimum atomic E-state index is -0.750. The fourth-order valence-corrected chi connectivity index (χ4v) is 2.85. The lowest BCUT2D eigenvalue weighted by atomic mass is 10.0. The van der Waals surface area contributed by atoms with Gasteiger partial charge in [-0.15, -0.1) is 0 Å². The van der Waals surface area contributed by atoms with Gasteiger partial charge in [-0.1, -0.05) is 13.8 Å². The van der Waals surface area contributed by atoms with Gasteiger partial charge in [-0.25, -0.2) is 5.43 Å². The smallest absolute Gasteiger partial charge is 0.262 e. The van der Waals surface area contributed by atoms with Crippen molar-refractivity contribution in [2.45, 2.75) is 26.8 Å². The summed E-state index contributed by atoms with van der Waals surface area (Å²) in [6.07, 6.45) is 1.53. The maximum absolute atomic E-state index is 12.6. The quantitative estimate of drug-likeness (QED) is 0.514. The summed E-state index contributed by atoms with van der Waals surface area (Å²) in [5.74, 6) is 0.953. The maximum Gasteiger partial charge on any atom is 0.262 e. The largest absolute Gasteiger partial charge is 0.494 e. The Morgan fingerprint density at radius 1 is 1.13 bits per heavy atom. The molecule has 0 saturated heterocycles. The molecule has 2 aromatic carbocycles. The number of carbonyl (C=O) groups excluding carboxylic acids is 2. The molecule has 1 atom stereocenters. The number of hydrogen-bond donors (Lipinski definition) is 2. The minimum absolute atomic E-state index is 0.129. The van der Waals surface area contributed by atoms with E-state index < -0.39 is 11.9 Å². The van der Waals surface area contributed by atoms with Gasteiger partial charge in [0.05, 0.1) is 12.8 Å². The first kappa shape index (κ1) is 21.2. The molecule has 0 aromatic heterocycles. The van der Waals surface area contributed by atoms with E-state index in [2.05, 4.69) is 15.8 Å². The normalized spacial score (nSPS) is 13.3. The van der Waals surface area contributed by atoms with Crippen molar-refractivity contribution >= 4 is 18.0 Å². The molecule has 3 rings (SSSR count). The first-order chi connectivity index (χ1) is 14.5. The summed E-state index contributed by atoms with van der Waals surface area (Å²) < 4.78 is 15.9. The van der Waals surface area contributed by atoms with E-state index in [9.17, 15) is 9.59 Å². The summed E-state index contributed by atoms with van der Waals surface area (Å²) in [4.78, 5) is 25.2. The fourth-order valence-electron chi connectivity index (χ4n) is 2.85. The Bertz CT molecular complexity index is 925. The molecule has 1 aliphatic heterocycles. The lowest BCUT2D eigenvalue weighted by Gasteiger charge is -2.20. The molecule has 158 valence electrons. The van der Waals surface area contributed by atoms with Gasteiger partial charge in [0.15, 0.2) is 11.5 Å². The SMILES string of the molecule is CCOc1ccc(/C=N\NC(=O)C(NC(=O)c2ccc3c(c2)OCO3)C(C)C)cc1. The van der Waals surface area contributed by atoms with Crippen molar-refractivity contribution in [2.75, 3.05) is 13.4 Å². The summed E-state index contributed by atoms with van der Waals surface area (Å²) in [5, 5.41) is 6.75. The first-order valence-corrected chi connectivity index (χ1v) is 9.74. The fraction of sp³-hybridized carbons (Fsp3) is 0.318. The molecule has 1 unspecified atom stereocenters. The van der Waals surface area contributed by atoms with Crippen molar-refractivity contribution in [3.05, 3.63) is 53.6 Å². The van der Waals surface area contributed by atoms with Crippen molar-refractivity contribution in [1.82, 2.24) is 10.7 Å². The average Bonchev–Trinajstić information content (AvgIpc) is 3.21. The Hall–Kier alpha value is -3.55. The van der Waals surface area contributed by atoms with E-state index in [1.165, 1.54) is 6.21 Å². The maximum atomic E-state index is 12.6. The van der Waals surface area contributed by atoms with Crippen LogP contribution in [0.25, 0.3) is 0 Å². The second-order valence-electron chi connectivity index (χ2n) is 7.00. The Morgan fingerprint density at radius 2 is 1.87 bits per heavy atom. The van der Waals surface area contributed by atoms with Crippen LogP contribution in [0.15, 0.2) is 47.6 Å². The first-order valence-electron chi connectivity index (χ1n) is 9.74. The highest BCUT2D eigenvalue weighted by molar-refractivity contribution is 5.98. The van der Waals surface area contributed by atoms with Crippen LogP contribution in [0.5, 0.6) is 17.2 Å². The van der Waals surface area contributed by atoms with Crippen molar-refractivity contribution < 1.29 is 23.8 Å². The molecule has 2 amide bonds. The van der Waals surface area contributed by atoms with Gasteiger partial charge in [0.1, 0.15) is 11.8 Å². The standard InChI is InChI=1S/C22H25N3O5/c1-4-28-17-8-5-15(6-9-17)12-23-25-22(27)20(14(2)3)24-21(26)16-7-10-18-19(11-16)30-13-29-18/h5-12,14,20H,4,13H2,1-3H3,(H,24,26)(H,25,27)/b23-12-. The highest BCUT2D eigenvalue weighted by atomic mass is 16.7. The van der Waals surface area contributed by atoms with Crippen molar-refractivity contribution in [3.63, 3.8) is 0 Å². The molecule has 8 heteroatoms. The molecule has 1 heterocycles. The third-order valence-corrected chi connectivity index (χ3v) is 4.45. The predicted octanol–water partition coefficient (Wildman–Crippen LogP) is 2.72. The van der Waals surface area contributed by atoms with E-state index in [0.29, 0.717) is 23.7 Å². The molecule has 0 bridgehead atoms. The third kappa shape index (κ3) is 5.28. The summed E-state index contributed by atoms with van der Waals surface area (Å²) in [6, 6.07) is 11.5. The zero-order valence-corrected chi connectivity index (χ0v) is 17.2. The van der Waals surface area contributed by atoms with Gasteiger partial charge in [-0.3, -0.25) is 9.59 Å². The minimum Gasteiger partial charge on any atom is -0.494 e. The van der Waals surface area contributed by atoms with E-state index >= 15 is 0 Å². The van der Waals surface area contributed by atoms with Gasteiger partial charge in [-0.05, 0) is 60.9 Å². The monoisotopic (exact) mass is 411 g/mol.